The van der Waals surface area contributed by atoms with E-state index < -0.39 is 0 Å². The van der Waals surface area contributed by atoms with Crippen molar-refractivity contribution in [2.45, 2.75) is 46.6 Å². The molecule has 0 bridgehead atoms. The minimum atomic E-state index is 0.189. The predicted molar refractivity (Wildman–Crippen MR) is 81.8 cm³/mol. The van der Waals surface area contributed by atoms with Crippen molar-refractivity contribution in [3.8, 4) is 0 Å². The number of aryl methyl sites for hydroxylation is 2. The third-order valence-electron chi connectivity index (χ3n) is 3.32. The fourth-order valence-electron chi connectivity index (χ4n) is 2.16. The maximum absolute atomic E-state index is 12.4. The standard InChI is InChI=1S/C16H24ClNO/c1-12(2)18(9-5-8-17)16(19)11-15-10-13(3)6-7-14(15)4/h6-7,10,12H,5,8-9,11H2,1-4H3. The summed E-state index contributed by atoms with van der Waals surface area (Å²) in [7, 11) is 0. The number of nitrogens with zero attached hydrogens (tertiary/aromatic N) is 1. The number of alkyl halides is 1. The molecule has 0 aromatic heterocycles. The van der Waals surface area contributed by atoms with Crippen LogP contribution in [-0.2, 0) is 11.2 Å². The molecule has 0 aliphatic rings. The Balaban J connectivity index is 2.78. The largest absolute Gasteiger partial charge is 0.340 e. The molecule has 3 heteroatoms. The molecule has 1 aromatic carbocycles. The van der Waals surface area contributed by atoms with E-state index in [9.17, 15) is 4.79 Å². The van der Waals surface area contributed by atoms with Gasteiger partial charge in [0.2, 0.25) is 5.91 Å². The van der Waals surface area contributed by atoms with E-state index in [1.165, 1.54) is 11.1 Å². The third-order valence-corrected chi connectivity index (χ3v) is 3.59. The third kappa shape index (κ3) is 4.87. The fourth-order valence-corrected chi connectivity index (χ4v) is 2.28. The molecule has 2 nitrogen and oxygen atoms in total. The van der Waals surface area contributed by atoms with Crippen molar-refractivity contribution in [1.29, 1.82) is 0 Å². The van der Waals surface area contributed by atoms with Gasteiger partial charge in [0.1, 0.15) is 0 Å². The molecule has 0 aliphatic heterocycles. The molecule has 0 spiro atoms. The van der Waals surface area contributed by atoms with Gasteiger partial charge in [0, 0.05) is 18.5 Å². The number of hydrogen-bond donors (Lipinski definition) is 0. The van der Waals surface area contributed by atoms with Gasteiger partial charge >= 0.3 is 0 Å². The summed E-state index contributed by atoms with van der Waals surface area (Å²) in [6, 6.07) is 6.49. The highest BCUT2D eigenvalue weighted by Crippen LogP contribution is 2.14. The maximum Gasteiger partial charge on any atom is 0.227 e. The van der Waals surface area contributed by atoms with Gasteiger partial charge < -0.3 is 4.90 Å². The summed E-state index contributed by atoms with van der Waals surface area (Å²) in [6.45, 7) is 8.96. The van der Waals surface area contributed by atoms with E-state index in [0.717, 1.165) is 18.5 Å². The molecular weight excluding hydrogens is 258 g/mol. The van der Waals surface area contributed by atoms with Crippen LogP contribution >= 0.6 is 11.6 Å². The summed E-state index contributed by atoms with van der Waals surface area (Å²) < 4.78 is 0. The molecule has 0 unspecified atom stereocenters. The van der Waals surface area contributed by atoms with E-state index in [0.29, 0.717) is 12.3 Å². The highest BCUT2D eigenvalue weighted by molar-refractivity contribution is 6.17. The van der Waals surface area contributed by atoms with Crippen LogP contribution in [0.25, 0.3) is 0 Å². The molecule has 0 N–H and O–H groups in total. The summed E-state index contributed by atoms with van der Waals surface area (Å²) in [6.07, 6.45) is 1.33. The SMILES string of the molecule is Cc1ccc(C)c(CC(=O)N(CCCCl)C(C)C)c1. The minimum absolute atomic E-state index is 0.189. The second kappa shape index (κ2) is 7.54. The average molecular weight is 282 g/mol. The van der Waals surface area contributed by atoms with Gasteiger partial charge in [-0.25, -0.2) is 0 Å². The zero-order valence-electron chi connectivity index (χ0n) is 12.4. The molecule has 0 atom stereocenters. The van der Waals surface area contributed by atoms with Crippen LogP contribution in [0, 0.1) is 13.8 Å². The van der Waals surface area contributed by atoms with Crippen LogP contribution < -0.4 is 0 Å². The van der Waals surface area contributed by atoms with E-state index in [2.05, 4.69) is 45.9 Å². The molecule has 1 amide bonds. The molecule has 0 heterocycles. The highest BCUT2D eigenvalue weighted by Gasteiger charge is 2.17. The van der Waals surface area contributed by atoms with Gasteiger partial charge in [-0.3, -0.25) is 4.79 Å². The van der Waals surface area contributed by atoms with Crippen LogP contribution in [0.2, 0.25) is 0 Å². The fraction of sp³-hybridized carbons (Fsp3) is 0.562. The lowest BCUT2D eigenvalue weighted by Crippen LogP contribution is -2.39. The quantitative estimate of drug-likeness (QED) is 0.728. The first-order valence-electron chi connectivity index (χ1n) is 6.87. The molecule has 106 valence electrons. The number of rotatable bonds is 6. The number of carbonyl (C=O) groups is 1. The monoisotopic (exact) mass is 281 g/mol. The van der Waals surface area contributed by atoms with Crippen LogP contribution in [-0.4, -0.2) is 29.3 Å². The zero-order chi connectivity index (χ0) is 14.4. The first-order chi connectivity index (χ1) is 8.95. The molecule has 0 aliphatic carbocycles. The molecule has 0 saturated carbocycles. The second-order valence-corrected chi connectivity index (χ2v) is 5.71. The Morgan fingerprint density at radius 2 is 2.00 bits per heavy atom. The minimum Gasteiger partial charge on any atom is -0.340 e. The van der Waals surface area contributed by atoms with Gasteiger partial charge in [-0.05, 0) is 45.2 Å². The molecule has 1 aromatic rings. The van der Waals surface area contributed by atoms with E-state index in [4.69, 9.17) is 11.6 Å². The predicted octanol–water partition coefficient (Wildman–Crippen LogP) is 3.71. The van der Waals surface area contributed by atoms with E-state index >= 15 is 0 Å². The van der Waals surface area contributed by atoms with Crippen LogP contribution in [0.5, 0.6) is 0 Å². The zero-order valence-corrected chi connectivity index (χ0v) is 13.1. The Hall–Kier alpha value is -1.02. The number of benzene rings is 1. The molecule has 1 rings (SSSR count). The molecule has 0 radical (unpaired) electrons. The number of hydrogen-bond acceptors (Lipinski definition) is 1. The maximum atomic E-state index is 12.4. The Labute approximate surface area is 121 Å². The number of halogens is 1. The van der Waals surface area contributed by atoms with Crippen molar-refractivity contribution in [1.82, 2.24) is 4.90 Å². The van der Waals surface area contributed by atoms with Crippen LogP contribution in [0.1, 0.15) is 37.0 Å². The molecule has 0 saturated heterocycles. The lowest BCUT2D eigenvalue weighted by Gasteiger charge is -2.27. The Morgan fingerprint density at radius 1 is 1.32 bits per heavy atom. The normalized spacial score (nSPS) is 10.8. The highest BCUT2D eigenvalue weighted by atomic mass is 35.5. The van der Waals surface area contributed by atoms with E-state index in [1.54, 1.807) is 0 Å². The summed E-state index contributed by atoms with van der Waals surface area (Å²) in [5.74, 6) is 0.786. The Bertz CT molecular complexity index is 429. The van der Waals surface area contributed by atoms with Crippen molar-refractivity contribution in [2.75, 3.05) is 12.4 Å². The lowest BCUT2D eigenvalue weighted by molar-refractivity contribution is -0.132. The first kappa shape index (κ1) is 16.0. The summed E-state index contributed by atoms with van der Waals surface area (Å²) >= 11 is 5.72. The van der Waals surface area contributed by atoms with Gasteiger partial charge in [-0.1, -0.05) is 23.8 Å². The van der Waals surface area contributed by atoms with Crippen molar-refractivity contribution in [3.05, 3.63) is 34.9 Å². The van der Waals surface area contributed by atoms with Crippen LogP contribution in [0.15, 0.2) is 18.2 Å². The molecular formula is C16H24ClNO. The van der Waals surface area contributed by atoms with Crippen molar-refractivity contribution < 1.29 is 4.79 Å². The summed E-state index contributed by atoms with van der Waals surface area (Å²) in [5, 5.41) is 0. The lowest BCUT2D eigenvalue weighted by atomic mass is 10.0. The average Bonchev–Trinajstić information content (AvgIpc) is 2.34. The van der Waals surface area contributed by atoms with E-state index in [-0.39, 0.29) is 11.9 Å². The summed E-state index contributed by atoms with van der Waals surface area (Å²) in [4.78, 5) is 14.3. The van der Waals surface area contributed by atoms with Crippen molar-refractivity contribution >= 4 is 17.5 Å². The van der Waals surface area contributed by atoms with Crippen LogP contribution in [0.4, 0.5) is 0 Å². The topological polar surface area (TPSA) is 20.3 Å². The van der Waals surface area contributed by atoms with Crippen molar-refractivity contribution in [3.63, 3.8) is 0 Å². The summed E-state index contributed by atoms with van der Waals surface area (Å²) in [5.41, 5.74) is 3.51. The van der Waals surface area contributed by atoms with Crippen molar-refractivity contribution in [2.24, 2.45) is 0 Å². The molecule has 0 fully saturated rings. The number of amides is 1. The Kier molecular flexibility index (Phi) is 6.36. The second-order valence-electron chi connectivity index (χ2n) is 5.33. The smallest absolute Gasteiger partial charge is 0.227 e. The van der Waals surface area contributed by atoms with Gasteiger partial charge in [-0.15, -0.1) is 11.6 Å². The molecule has 19 heavy (non-hydrogen) atoms. The Morgan fingerprint density at radius 3 is 2.58 bits per heavy atom. The first-order valence-corrected chi connectivity index (χ1v) is 7.40. The van der Waals surface area contributed by atoms with Gasteiger partial charge in [0.05, 0.1) is 6.42 Å². The van der Waals surface area contributed by atoms with Gasteiger partial charge in [-0.2, -0.15) is 0 Å². The van der Waals surface area contributed by atoms with Gasteiger partial charge in [0.15, 0.2) is 0 Å². The van der Waals surface area contributed by atoms with Crippen LogP contribution in [0.3, 0.4) is 0 Å². The van der Waals surface area contributed by atoms with E-state index in [1.807, 2.05) is 4.90 Å². The van der Waals surface area contributed by atoms with Gasteiger partial charge in [0.25, 0.3) is 0 Å². The number of carbonyl (C=O) groups excluding carboxylic acids is 1.